The average molecular weight is 420 g/mol. The maximum atomic E-state index is 5.99. The number of hydrogen-bond donors (Lipinski definition) is 2. The van der Waals surface area contributed by atoms with E-state index in [0.29, 0.717) is 24.0 Å². The Bertz CT molecular complexity index is 477. The Kier molecular flexibility index (Phi) is 6.17. The molecular formula is C16H23ClIN3. The van der Waals surface area contributed by atoms with Crippen molar-refractivity contribution in [3.8, 4) is 0 Å². The van der Waals surface area contributed by atoms with Crippen molar-refractivity contribution in [2.75, 3.05) is 0 Å². The van der Waals surface area contributed by atoms with E-state index in [9.17, 15) is 0 Å². The number of nitrogens with two attached hydrogens (primary N) is 1. The summed E-state index contributed by atoms with van der Waals surface area (Å²) in [6.45, 7) is 0. The molecule has 2 saturated carbocycles. The lowest BCUT2D eigenvalue weighted by molar-refractivity contribution is 0.323. The smallest absolute Gasteiger partial charge is 0.189 e. The summed E-state index contributed by atoms with van der Waals surface area (Å²) in [6, 6.07) is 9.11. The first-order valence-electron chi connectivity index (χ1n) is 7.56. The summed E-state index contributed by atoms with van der Waals surface area (Å²) in [6.07, 6.45) is 7.24. The summed E-state index contributed by atoms with van der Waals surface area (Å²) in [5.74, 6) is 1.26. The number of benzene rings is 1. The van der Waals surface area contributed by atoms with Crippen molar-refractivity contribution in [1.82, 2.24) is 5.32 Å². The summed E-state index contributed by atoms with van der Waals surface area (Å²) >= 11 is 5.91. The predicted molar refractivity (Wildman–Crippen MR) is 99.6 cm³/mol. The Balaban J connectivity index is 0.00000161. The van der Waals surface area contributed by atoms with Crippen LogP contribution in [0.2, 0.25) is 5.02 Å². The maximum Gasteiger partial charge on any atom is 0.189 e. The molecule has 1 aromatic carbocycles. The molecule has 0 atom stereocenters. The number of hydrogen-bond acceptors (Lipinski definition) is 1. The van der Waals surface area contributed by atoms with Gasteiger partial charge in [-0.25, -0.2) is 0 Å². The summed E-state index contributed by atoms with van der Waals surface area (Å²) < 4.78 is 0. The topological polar surface area (TPSA) is 50.4 Å². The van der Waals surface area contributed by atoms with Crippen LogP contribution in [0, 0.1) is 0 Å². The van der Waals surface area contributed by atoms with E-state index in [1.807, 2.05) is 12.1 Å². The van der Waals surface area contributed by atoms with Crippen molar-refractivity contribution < 1.29 is 0 Å². The molecule has 0 amide bonds. The molecule has 2 aliphatic carbocycles. The van der Waals surface area contributed by atoms with Gasteiger partial charge >= 0.3 is 0 Å². The third kappa shape index (κ3) is 4.49. The van der Waals surface area contributed by atoms with E-state index in [0.717, 1.165) is 17.9 Å². The van der Waals surface area contributed by atoms with Crippen molar-refractivity contribution >= 4 is 41.5 Å². The number of nitrogens with one attached hydrogen (secondary N) is 1. The Labute approximate surface area is 148 Å². The standard InChI is InChI=1S/C16H22ClN3.HI/c17-13-7-5-11(6-8-13)12-9-15(10-12)20-16(18)19-14-3-1-2-4-14;/h5-8,12,14-15H,1-4,9-10H2,(H3,18,19,20);1H. The molecule has 0 spiro atoms. The van der Waals surface area contributed by atoms with Crippen LogP contribution in [0.4, 0.5) is 0 Å². The largest absolute Gasteiger partial charge is 0.370 e. The predicted octanol–water partition coefficient (Wildman–Crippen LogP) is 4.05. The van der Waals surface area contributed by atoms with Gasteiger partial charge in [0.2, 0.25) is 0 Å². The maximum absolute atomic E-state index is 5.99. The molecule has 0 bridgehead atoms. The van der Waals surface area contributed by atoms with Crippen LogP contribution in [-0.4, -0.2) is 18.0 Å². The van der Waals surface area contributed by atoms with Crippen molar-refractivity contribution in [3.63, 3.8) is 0 Å². The first kappa shape index (κ1) is 16.9. The highest BCUT2D eigenvalue weighted by atomic mass is 127. The lowest BCUT2D eigenvalue weighted by Gasteiger charge is -2.36. The monoisotopic (exact) mass is 419 g/mol. The zero-order valence-electron chi connectivity index (χ0n) is 12.1. The summed E-state index contributed by atoms with van der Waals surface area (Å²) in [5, 5.41) is 4.16. The highest BCUT2D eigenvalue weighted by Crippen LogP contribution is 2.37. The van der Waals surface area contributed by atoms with Crippen LogP contribution in [0.1, 0.15) is 50.0 Å². The number of rotatable bonds is 3. The molecule has 2 aliphatic rings. The van der Waals surface area contributed by atoms with E-state index >= 15 is 0 Å². The van der Waals surface area contributed by atoms with E-state index in [-0.39, 0.29) is 24.0 Å². The fourth-order valence-electron chi connectivity index (χ4n) is 3.22. The summed E-state index contributed by atoms with van der Waals surface area (Å²) in [4.78, 5) is 4.57. The third-order valence-corrected chi connectivity index (χ3v) is 4.73. The lowest BCUT2D eigenvalue weighted by Crippen LogP contribution is -2.47. The van der Waals surface area contributed by atoms with Gasteiger partial charge in [0.05, 0.1) is 6.04 Å². The quantitative estimate of drug-likeness (QED) is 0.441. The summed E-state index contributed by atoms with van der Waals surface area (Å²) in [7, 11) is 0. The Morgan fingerprint density at radius 3 is 2.38 bits per heavy atom. The highest BCUT2D eigenvalue weighted by Gasteiger charge is 2.30. The van der Waals surface area contributed by atoms with E-state index in [1.165, 1.54) is 31.2 Å². The molecular weight excluding hydrogens is 397 g/mol. The second kappa shape index (κ2) is 7.68. The minimum atomic E-state index is 0. The number of guanidine groups is 1. The third-order valence-electron chi connectivity index (χ3n) is 4.48. The molecule has 0 heterocycles. The van der Waals surface area contributed by atoms with E-state index in [1.54, 1.807) is 0 Å². The summed E-state index contributed by atoms with van der Waals surface area (Å²) in [5.41, 5.74) is 7.36. The van der Waals surface area contributed by atoms with Gasteiger partial charge < -0.3 is 11.1 Å². The van der Waals surface area contributed by atoms with Crippen LogP contribution in [0.3, 0.4) is 0 Å². The van der Waals surface area contributed by atoms with Gasteiger partial charge in [0, 0.05) is 11.1 Å². The lowest BCUT2D eigenvalue weighted by atomic mass is 9.76. The normalized spacial score (nSPS) is 26.0. The van der Waals surface area contributed by atoms with Crippen molar-refractivity contribution in [2.24, 2.45) is 10.7 Å². The molecule has 0 aromatic heterocycles. The van der Waals surface area contributed by atoms with Gasteiger partial charge in [-0.3, -0.25) is 4.99 Å². The molecule has 2 fully saturated rings. The number of aliphatic imine (C=N–C) groups is 1. The second-order valence-electron chi connectivity index (χ2n) is 6.01. The number of halogens is 2. The van der Waals surface area contributed by atoms with Gasteiger partial charge in [-0.1, -0.05) is 36.6 Å². The fourth-order valence-corrected chi connectivity index (χ4v) is 3.35. The molecule has 3 rings (SSSR count). The van der Waals surface area contributed by atoms with E-state index in [4.69, 9.17) is 17.3 Å². The zero-order valence-corrected chi connectivity index (χ0v) is 15.2. The number of nitrogens with zero attached hydrogens (tertiary/aromatic N) is 1. The highest BCUT2D eigenvalue weighted by molar-refractivity contribution is 14.0. The van der Waals surface area contributed by atoms with Crippen LogP contribution in [-0.2, 0) is 0 Å². The Morgan fingerprint density at radius 2 is 1.76 bits per heavy atom. The van der Waals surface area contributed by atoms with Gasteiger partial charge in [-0.05, 0) is 49.3 Å². The molecule has 3 N–H and O–H groups in total. The minimum Gasteiger partial charge on any atom is -0.370 e. The van der Waals surface area contributed by atoms with Crippen LogP contribution in [0.15, 0.2) is 29.3 Å². The van der Waals surface area contributed by atoms with Crippen molar-refractivity contribution in [2.45, 2.75) is 56.5 Å². The van der Waals surface area contributed by atoms with Gasteiger partial charge in [0.1, 0.15) is 0 Å². The first-order valence-corrected chi connectivity index (χ1v) is 7.94. The Morgan fingerprint density at radius 1 is 1.14 bits per heavy atom. The van der Waals surface area contributed by atoms with Crippen molar-refractivity contribution in [1.29, 1.82) is 0 Å². The second-order valence-corrected chi connectivity index (χ2v) is 6.45. The van der Waals surface area contributed by atoms with E-state index < -0.39 is 0 Å². The van der Waals surface area contributed by atoms with Crippen LogP contribution in [0.5, 0.6) is 0 Å². The minimum absolute atomic E-state index is 0. The molecule has 3 nitrogen and oxygen atoms in total. The average Bonchev–Trinajstić information content (AvgIpc) is 2.87. The first-order chi connectivity index (χ1) is 9.70. The molecule has 0 saturated heterocycles. The van der Waals surface area contributed by atoms with Gasteiger partial charge in [0.25, 0.3) is 0 Å². The molecule has 1 aromatic rings. The van der Waals surface area contributed by atoms with Crippen LogP contribution in [0.25, 0.3) is 0 Å². The molecule has 0 unspecified atom stereocenters. The molecule has 0 aliphatic heterocycles. The fraction of sp³-hybridized carbons (Fsp3) is 0.562. The van der Waals surface area contributed by atoms with E-state index in [2.05, 4.69) is 22.4 Å². The van der Waals surface area contributed by atoms with Gasteiger partial charge in [0.15, 0.2) is 5.96 Å². The van der Waals surface area contributed by atoms with Crippen molar-refractivity contribution in [3.05, 3.63) is 34.9 Å². The molecule has 116 valence electrons. The van der Waals surface area contributed by atoms with Crippen LogP contribution >= 0.6 is 35.6 Å². The Hall–Kier alpha value is -0.490. The van der Waals surface area contributed by atoms with Gasteiger partial charge in [-0.2, -0.15) is 0 Å². The van der Waals surface area contributed by atoms with Crippen LogP contribution < -0.4 is 11.1 Å². The zero-order chi connectivity index (χ0) is 13.9. The van der Waals surface area contributed by atoms with Gasteiger partial charge in [-0.15, -0.1) is 24.0 Å². The molecule has 5 heteroatoms. The molecule has 21 heavy (non-hydrogen) atoms. The molecule has 0 radical (unpaired) electrons. The SMILES string of the molecule is I.NC(=NC1CCCC1)NC1CC(c2ccc(Cl)cc2)C1.